The fraction of sp³-hybridized carbons (Fsp3) is 0.643. The summed E-state index contributed by atoms with van der Waals surface area (Å²) in [5.41, 5.74) is 0.671. The zero-order valence-corrected chi connectivity index (χ0v) is 14.7. The number of piperidine rings is 1. The highest BCUT2D eigenvalue weighted by Crippen LogP contribution is 2.20. The Balaban J connectivity index is 0.00000192. The smallest absolute Gasteiger partial charge is 0.241 e. The summed E-state index contributed by atoms with van der Waals surface area (Å²) in [7, 11) is 0. The molecule has 128 valence electrons. The number of imidazole rings is 1. The average Bonchev–Trinajstić information content (AvgIpc) is 2.77. The number of fused-ring (bicyclic) bond motifs is 1. The van der Waals surface area contributed by atoms with Gasteiger partial charge in [-0.3, -0.25) is 0 Å². The molecule has 23 heavy (non-hydrogen) atoms. The Morgan fingerprint density at radius 1 is 1.52 bits per heavy atom. The van der Waals surface area contributed by atoms with Gasteiger partial charge in [0.2, 0.25) is 5.95 Å². The topological polar surface area (TPSA) is 67.1 Å². The first-order chi connectivity index (χ1) is 10.5. The Labute approximate surface area is 145 Å². The van der Waals surface area contributed by atoms with E-state index in [1.807, 2.05) is 0 Å². The van der Waals surface area contributed by atoms with Gasteiger partial charge in [-0.25, -0.2) is 18.9 Å². The number of hydrogen-bond acceptors (Lipinski definition) is 5. The SMILES string of the molecule is CC(C)Cc1nc(Cl)c2cnc(N[C@H]3CCNC[C@H]3F)nn12.Cl. The van der Waals surface area contributed by atoms with Crippen LogP contribution in [0, 0.1) is 5.92 Å². The molecule has 3 rings (SSSR count). The molecule has 3 heterocycles. The first-order valence-corrected chi connectivity index (χ1v) is 7.94. The Morgan fingerprint density at radius 2 is 2.30 bits per heavy atom. The van der Waals surface area contributed by atoms with Gasteiger partial charge >= 0.3 is 0 Å². The van der Waals surface area contributed by atoms with Crippen LogP contribution >= 0.6 is 24.0 Å². The number of alkyl halides is 1. The average molecular weight is 363 g/mol. The van der Waals surface area contributed by atoms with E-state index in [9.17, 15) is 4.39 Å². The van der Waals surface area contributed by atoms with Crippen LogP contribution in [0.25, 0.3) is 5.52 Å². The number of nitrogens with zero attached hydrogens (tertiary/aromatic N) is 4. The molecule has 2 aromatic rings. The van der Waals surface area contributed by atoms with E-state index in [0.29, 0.717) is 35.5 Å². The van der Waals surface area contributed by atoms with Gasteiger partial charge in [0.05, 0.1) is 12.2 Å². The van der Waals surface area contributed by atoms with E-state index >= 15 is 0 Å². The van der Waals surface area contributed by atoms with Gasteiger partial charge in [0.1, 0.15) is 17.5 Å². The summed E-state index contributed by atoms with van der Waals surface area (Å²) < 4.78 is 15.6. The summed E-state index contributed by atoms with van der Waals surface area (Å²) in [6.45, 7) is 5.36. The van der Waals surface area contributed by atoms with Crippen LogP contribution in [0.1, 0.15) is 26.1 Å². The summed E-state index contributed by atoms with van der Waals surface area (Å²) in [6.07, 6.45) is 2.15. The van der Waals surface area contributed by atoms with E-state index in [1.165, 1.54) is 0 Å². The van der Waals surface area contributed by atoms with Crippen molar-refractivity contribution in [3.8, 4) is 0 Å². The molecule has 6 nitrogen and oxygen atoms in total. The third kappa shape index (κ3) is 4.02. The second kappa shape index (κ2) is 7.59. The van der Waals surface area contributed by atoms with Gasteiger partial charge in [0.15, 0.2) is 5.15 Å². The van der Waals surface area contributed by atoms with Crippen LogP contribution in [0.4, 0.5) is 10.3 Å². The van der Waals surface area contributed by atoms with Crippen molar-refractivity contribution in [2.45, 2.75) is 38.9 Å². The Hall–Kier alpha value is -1.18. The molecular formula is C14H21Cl2FN6. The molecule has 0 unspecified atom stereocenters. The van der Waals surface area contributed by atoms with E-state index in [1.54, 1.807) is 10.7 Å². The maximum atomic E-state index is 13.9. The molecule has 9 heteroatoms. The molecule has 2 aromatic heterocycles. The number of anilines is 1. The molecule has 1 aliphatic rings. The highest BCUT2D eigenvalue weighted by atomic mass is 35.5. The lowest BCUT2D eigenvalue weighted by Gasteiger charge is -2.27. The predicted molar refractivity (Wildman–Crippen MR) is 91.4 cm³/mol. The Morgan fingerprint density at radius 3 is 3.00 bits per heavy atom. The van der Waals surface area contributed by atoms with Crippen molar-refractivity contribution in [3.05, 3.63) is 17.2 Å². The van der Waals surface area contributed by atoms with Gasteiger partial charge < -0.3 is 10.6 Å². The van der Waals surface area contributed by atoms with Gasteiger partial charge in [-0.15, -0.1) is 17.5 Å². The zero-order chi connectivity index (χ0) is 15.7. The van der Waals surface area contributed by atoms with Gasteiger partial charge in [-0.1, -0.05) is 25.4 Å². The van der Waals surface area contributed by atoms with E-state index in [0.717, 1.165) is 18.8 Å². The number of halogens is 3. The van der Waals surface area contributed by atoms with Crippen LogP contribution < -0.4 is 10.6 Å². The molecule has 1 fully saturated rings. The summed E-state index contributed by atoms with van der Waals surface area (Å²) >= 11 is 6.13. The number of hydrogen-bond donors (Lipinski definition) is 2. The third-order valence-corrected chi connectivity index (χ3v) is 4.01. The van der Waals surface area contributed by atoms with Crippen molar-refractivity contribution < 1.29 is 4.39 Å². The van der Waals surface area contributed by atoms with E-state index in [-0.39, 0.29) is 18.4 Å². The quantitative estimate of drug-likeness (QED) is 0.874. The largest absolute Gasteiger partial charge is 0.347 e. The molecular weight excluding hydrogens is 342 g/mol. The maximum absolute atomic E-state index is 13.9. The van der Waals surface area contributed by atoms with E-state index in [2.05, 4.69) is 39.5 Å². The van der Waals surface area contributed by atoms with Crippen LogP contribution in [0.5, 0.6) is 0 Å². The van der Waals surface area contributed by atoms with Crippen molar-refractivity contribution in [2.24, 2.45) is 5.92 Å². The van der Waals surface area contributed by atoms with Crippen LogP contribution in [0.2, 0.25) is 5.15 Å². The first kappa shape index (κ1) is 18.2. The highest BCUT2D eigenvalue weighted by molar-refractivity contribution is 6.32. The lowest BCUT2D eigenvalue weighted by atomic mass is 10.1. The van der Waals surface area contributed by atoms with E-state index in [4.69, 9.17) is 11.6 Å². The normalized spacial score (nSPS) is 21.4. The molecule has 0 bridgehead atoms. The number of aromatic nitrogens is 4. The molecule has 0 radical (unpaired) electrons. The fourth-order valence-electron chi connectivity index (χ4n) is 2.62. The minimum absolute atomic E-state index is 0. The van der Waals surface area contributed by atoms with Gasteiger partial charge in [-0.2, -0.15) is 0 Å². The number of nitrogens with one attached hydrogen (secondary N) is 2. The molecule has 2 atom stereocenters. The standard InChI is InChI=1S/C14H20ClFN6.ClH/c1-8(2)5-12-20-13(15)11-7-18-14(21-22(11)12)19-10-3-4-17-6-9(10)16;/h7-10,17H,3-6H2,1-2H3,(H,19,21);1H/t9-,10+;/m1./s1. The molecule has 2 N–H and O–H groups in total. The van der Waals surface area contributed by atoms with Crippen molar-refractivity contribution >= 4 is 35.5 Å². The van der Waals surface area contributed by atoms with E-state index < -0.39 is 6.17 Å². The van der Waals surface area contributed by atoms with Crippen LogP contribution in [0.15, 0.2) is 6.20 Å². The summed E-state index contributed by atoms with van der Waals surface area (Å²) in [5.74, 6) is 1.64. The molecule has 0 aliphatic carbocycles. The van der Waals surface area contributed by atoms with Crippen LogP contribution in [0.3, 0.4) is 0 Å². The van der Waals surface area contributed by atoms with Crippen molar-refractivity contribution in [1.29, 1.82) is 0 Å². The highest BCUT2D eigenvalue weighted by Gasteiger charge is 2.25. The van der Waals surface area contributed by atoms with Crippen molar-refractivity contribution in [1.82, 2.24) is 24.9 Å². The predicted octanol–water partition coefficient (Wildman–Crippen LogP) is 2.51. The van der Waals surface area contributed by atoms with Gasteiger partial charge in [0.25, 0.3) is 0 Å². The fourth-order valence-corrected chi connectivity index (χ4v) is 2.85. The molecule has 1 aliphatic heterocycles. The Bertz CT molecular complexity index is 662. The Kier molecular flexibility index (Phi) is 6.00. The lowest BCUT2D eigenvalue weighted by molar-refractivity contribution is 0.244. The van der Waals surface area contributed by atoms with Crippen LogP contribution in [-0.4, -0.2) is 44.9 Å². The minimum atomic E-state index is -0.949. The second-order valence-corrected chi connectivity index (χ2v) is 6.41. The second-order valence-electron chi connectivity index (χ2n) is 6.06. The monoisotopic (exact) mass is 362 g/mol. The summed E-state index contributed by atoms with van der Waals surface area (Å²) in [4.78, 5) is 8.58. The number of rotatable bonds is 4. The third-order valence-electron chi connectivity index (χ3n) is 3.73. The first-order valence-electron chi connectivity index (χ1n) is 7.56. The molecule has 0 spiro atoms. The molecule has 0 amide bonds. The van der Waals surface area contributed by atoms with Crippen LogP contribution in [-0.2, 0) is 6.42 Å². The van der Waals surface area contributed by atoms with Gasteiger partial charge in [-0.05, 0) is 18.9 Å². The minimum Gasteiger partial charge on any atom is -0.347 e. The lowest BCUT2D eigenvalue weighted by Crippen LogP contribution is -2.45. The summed E-state index contributed by atoms with van der Waals surface area (Å²) in [6, 6.07) is -0.272. The maximum Gasteiger partial charge on any atom is 0.241 e. The molecule has 1 saturated heterocycles. The molecule has 0 saturated carbocycles. The van der Waals surface area contributed by atoms with Crippen molar-refractivity contribution in [2.75, 3.05) is 18.4 Å². The van der Waals surface area contributed by atoms with Gasteiger partial charge in [0, 0.05) is 13.0 Å². The van der Waals surface area contributed by atoms with Crippen molar-refractivity contribution in [3.63, 3.8) is 0 Å². The molecule has 0 aromatic carbocycles. The zero-order valence-electron chi connectivity index (χ0n) is 13.1. The summed E-state index contributed by atoms with van der Waals surface area (Å²) in [5, 5.41) is 10.9.